The van der Waals surface area contributed by atoms with E-state index in [4.69, 9.17) is 5.73 Å². The van der Waals surface area contributed by atoms with Gasteiger partial charge in [-0.2, -0.15) is 13.2 Å². The predicted molar refractivity (Wildman–Crippen MR) is 71.3 cm³/mol. The fraction of sp³-hybridized carbons (Fsp3) is 0.923. The minimum Gasteiger partial charge on any atom is -0.329 e. The molecule has 0 aliphatic heterocycles. The van der Waals surface area contributed by atoms with E-state index in [1.807, 2.05) is 12.2 Å². The van der Waals surface area contributed by atoms with Crippen molar-refractivity contribution in [2.24, 2.45) is 5.73 Å². The molecule has 0 aromatic rings. The molecule has 1 rings (SSSR count). The van der Waals surface area contributed by atoms with Crippen LogP contribution in [-0.2, 0) is 0 Å². The molecule has 0 atom stereocenters. The average Bonchev–Trinajstić information content (AvgIpc) is 2.42. The largest absolute Gasteiger partial charge is 0.405 e. The number of hydrogen-bond donors (Lipinski definition) is 2. The second-order valence-electron chi connectivity index (χ2n) is 5.41. The van der Waals surface area contributed by atoms with Crippen molar-refractivity contribution >= 4 is 6.03 Å². The maximum absolute atomic E-state index is 12.2. The number of carbonyl (C=O) groups excluding carboxylic acids is 1. The fourth-order valence-electron chi connectivity index (χ4n) is 2.84. The first kappa shape index (κ1) is 17.1. The lowest BCUT2D eigenvalue weighted by Gasteiger charge is -2.45. The van der Waals surface area contributed by atoms with Crippen LogP contribution < -0.4 is 11.1 Å². The van der Waals surface area contributed by atoms with Crippen LogP contribution in [-0.4, -0.2) is 42.3 Å². The summed E-state index contributed by atoms with van der Waals surface area (Å²) in [5, 5.41) is 1.97. The van der Waals surface area contributed by atoms with E-state index in [2.05, 4.69) is 0 Å². The molecule has 7 heteroatoms. The first-order chi connectivity index (χ1) is 9.34. The molecule has 1 saturated carbocycles. The number of hydrogen-bond acceptors (Lipinski definition) is 2. The molecule has 0 aromatic heterocycles. The van der Waals surface area contributed by atoms with E-state index in [1.54, 1.807) is 0 Å². The van der Waals surface area contributed by atoms with E-state index >= 15 is 0 Å². The summed E-state index contributed by atoms with van der Waals surface area (Å²) >= 11 is 0. The molecule has 3 N–H and O–H groups in total. The number of alkyl halides is 3. The Labute approximate surface area is 117 Å². The summed E-state index contributed by atoms with van der Waals surface area (Å²) in [6.07, 6.45) is 0.850. The van der Waals surface area contributed by atoms with Gasteiger partial charge in [0.2, 0.25) is 0 Å². The molecule has 1 aliphatic rings. The zero-order chi connectivity index (χ0) is 15.2. The highest BCUT2D eigenvalue weighted by atomic mass is 19.4. The molecule has 1 fully saturated rings. The number of halogens is 3. The summed E-state index contributed by atoms with van der Waals surface area (Å²) in [6.45, 7) is 1.33. The highest BCUT2D eigenvalue weighted by molar-refractivity contribution is 5.75. The smallest absolute Gasteiger partial charge is 0.329 e. The monoisotopic (exact) mass is 295 g/mol. The van der Waals surface area contributed by atoms with Crippen LogP contribution in [0.25, 0.3) is 0 Å². The van der Waals surface area contributed by atoms with Crippen LogP contribution in [0.2, 0.25) is 0 Å². The SMILES string of the molecule is CCCN(C(=O)NCC(F)(F)F)C1(CN)CCCCC1. The van der Waals surface area contributed by atoms with Gasteiger partial charge in [-0.05, 0) is 19.3 Å². The van der Waals surface area contributed by atoms with Crippen LogP contribution in [0, 0.1) is 0 Å². The number of carbonyl (C=O) groups is 1. The van der Waals surface area contributed by atoms with Crippen molar-refractivity contribution < 1.29 is 18.0 Å². The third kappa shape index (κ3) is 4.54. The van der Waals surface area contributed by atoms with Crippen LogP contribution in [0.3, 0.4) is 0 Å². The van der Waals surface area contributed by atoms with Gasteiger partial charge in [-0.25, -0.2) is 4.79 Å². The molecule has 0 bridgehead atoms. The minimum absolute atomic E-state index is 0.298. The van der Waals surface area contributed by atoms with Gasteiger partial charge >= 0.3 is 12.2 Å². The van der Waals surface area contributed by atoms with Gasteiger partial charge in [0.05, 0.1) is 5.54 Å². The number of urea groups is 1. The van der Waals surface area contributed by atoms with Crippen molar-refractivity contribution in [1.29, 1.82) is 0 Å². The van der Waals surface area contributed by atoms with Crippen LogP contribution in [0.4, 0.5) is 18.0 Å². The van der Waals surface area contributed by atoms with Gasteiger partial charge < -0.3 is 16.0 Å². The molecule has 118 valence electrons. The molecule has 0 unspecified atom stereocenters. The first-order valence-electron chi connectivity index (χ1n) is 7.17. The Morgan fingerprint density at radius 2 is 1.90 bits per heavy atom. The van der Waals surface area contributed by atoms with Crippen molar-refractivity contribution in [2.45, 2.75) is 57.2 Å². The summed E-state index contributed by atoms with van der Waals surface area (Å²) in [4.78, 5) is 13.6. The first-order valence-corrected chi connectivity index (χ1v) is 7.17. The van der Waals surface area contributed by atoms with Crippen molar-refractivity contribution in [3.8, 4) is 0 Å². The second-order valence-corrected chi connectivity index (χ2v) is 5.41. The molecular weight excluding hydrogens is 271 g/mol. The number of nitrogens with zero attached hydrogens (tertiary/aromatic N) is 1. The number of nitrogens with two attached hydrogens (primary N) is 1. The molecule has 2 amide bonds. The van der Waals surface area contributed by atoms with Gasteiger partial charge in [-0.3, -0.25) is 0 Å². The Balaban J connectivity index is 2.77. The Morgan fingerprint density at radius 3 is 2.35 bits per heavy atom. The van der Waals surface area contributed by atoms with Crippen LogP contribution in [0.15, 0.2) is 0 Å². The average molecular weight is 295 g/mol. The van der Waals surface area contributed by atoms with Crippen molar-refractivity contribution in [3.63, 3.8) is 0 Å². The van der Waals surface area contributed by atoms with E-state index < -0.39 is 24.3 Å². The van der Waals surface area contributed by atoms with E-state index in [1.165, 1.54) is 4.90 Å². The highest BCUT2D eigenvalue weighted by Gasteiger charge is 2.40. The topological polar surface area (TPSA) is 58.4 Å². The Bertz CT molecular complexity index is 314. The Morgan fingerprint density at radius 1 is 1.30 bits per heavy atom. The predicted octanol–water partition coefficient (Wildman–Crippen LogP) is 2.63. The summed E-state index contributed by atoms with van der Waals surface area (Å²) in [7, 11) is 0. The quantitative estimate of drug-likeness (QED) is 0.819. The lowest BCUT2D eigenvalue weighted by Crippen LogP contribution is -2.60. The Hall–Kier alpha value is -0.980. The van der Waals surface area contributed by atoms with Gasteiger partial charge in [0.1, 0.15) is 6.54 Å². The normalized spacial score (nSPS) is 18.6. The van der Waals surface area contributed by atoms with E-state index in [0.29, 0.717) is 19.5 Å². The zero-order valence-electron chi connectivity index (χ0n) is 11.9. The van der Waals surface area contributed by atoms with Gasteiger partial charge in [0, 0.05) is 13.1 Å². The maximum atomic E-state index is 12.2. The molecule has 1 aliphatic carbocycles. The summed E-state index contributed by atoms with van der Waals surface area (Å²) < 4.78 is 36.7. The maximum Gasteiger partial charge on any atom is 0.405 e. The Kier molecular flexibility index (Phi) is 6.10. The standard InChI is InChI=1S/C13H24F3N3O/c1-2-8-19(11(20)18-10-13(14,15)16)12(9-17)6-4-3-5-7-12/h2-10,17H2,1H3,(H,18,20). The molecular formula is C13H24F3N3O. The lowest BCUT2D eigenvalue weighted by atomic mass is 9.80. The molecule has 0 radical (unpaired) electrons. The molecule has 4 nitrogen and oxygen atoms in total. The van der Waals surface area contributed by atoms with Gasteiger partial charge in [-0.15, -0.1) is 0 Å². The number of amides is 2. The van der Waals surface area contributed by atoms with Gasteiger partial charge in [-0.1, -0.05) is 26.2 Å². The molecule has 0 heterocycles. The number of nitrogens with one attached hydrogen (secondary N) is 1. The van der Waals surface area contributed by atoms with Crippen LogP contribution in [0.5, 0.6) is 0 Å². The summed E-state index contributed by atoms with van der Waals surface area (Å²) in [6, 6.07) is -0.656. The van der Waals surface area contributed by atoms with E-state index in [-0.39, 0.29) is 0 Å². The van der Waals surface area contributed by atoms with Crippen molar-refractivity contribution in [1.82, 2.24) is 10.2 Å². The number of rotatable bonds is 5. The molecule has 0 saturated heterocycles. The van der Waals surface area contributed by atoms with E-state index in [9.17, 15) is 18.0 Å². The fourth-order valence-corrected chi connectivity index (χ4v) is 2.84. The van der Waals surface area contributed by atoms with Crippen molar-refractivity contribution in [3.05, 3.63) is 0 Å². The van der Waals surface area contributed by atoms with Crippen molar-refractivity contribution in [2.75, 3.05) is 19.6 Å². The molecule has 0 aromatic carbocycles. The summed E-state index contributed by atoms with van der Waals surface area (Å²) in [5.74, 6) is 0. The highest BCUT2D eigenvalue weighted by Crippen LogP contribution is 2.33. The second kappa shape index (κ2) is 7.15. The third-order valence-corrected chi connectivity index (χ3v) is 3.87. The third-order valence-electron chi connectivity index (χ3n) is 3.87. The van der Waals surface area contributed by atoms with Gasteiger partial charge in [0.25, 0.3) is 0 Å². The molecule has 20 heavy (non-hydrogen) atoms. The van der Waals surface area contributed by atoms with E-state index in [0.717, 1.165) is 32.1 Å². The zero-order valence-corrected chi connectivity index (χ0v) is 11.9. The van der Waals surface area contributed by atoms with Crippen LogP contribution in [0.1, 0.15) is 45.4 Å². The van der Waals surface area contributed by atoms with Crippen LogP contribution >= 0.6 is 0 Å². The molecule has 0 spiro atoms. The minimum atomic E-state index is -4.39. The van der Waals surface area contributed by atoms with Gasteiger partial charge in [0.15, 0.2) is 0 Å². The lowest BCUT2D eigenvalue weighted by molar-refractivity contribution is -0.123. The summed E-state index contributed by atoms with van der Waals surface area (Å²) in [5.41, 5.74) is 5.36.